The Hall–Kier alpha value is -3.02. The van der Waals surface area contributed by atoms with Crippen LogP contribution in [0.2, 0.25) is 0 Å². The minimum absolute atomic E-state index is 0.306. The lowest BCUT2D eigenvalue weighted by atomic mass is 10.0. The van der Waals surface area contributed by atoms with Crippen molar-refractivity contribution < 1.29 is 28.5 Å². The first-order chi connectivity index (χ1) is 16.0. The van der Waals surface area contributed by atoms with Gasteiger partial charge in [0.1, 0.15) is 17.2 Å². The smallest absolute Gasteiger partial charge is 0.494 e. The van der Waals surface area contributed by atoms with Gasteiger partial charge in [0.25, 0.3) is 0 Å². The number of ether oxygens (including phenoxy) is 4. The Morgan fingerprint density at radius 1 is 0.758 bits per heavy atom. The molecule has 6 nitrogen and oxygen atoms in total. The molecule has 0 radical (unpaired) electrons. The summed E-state index contributed by atoms with van der Waals surface area (Å²) in [5.74, 6) is 1.70. The molecule has 0 aliphatic rings. The van der Waals surface area contributed by atoms with Gasteiger partial charge in [-0.2, -0.15) is 0 Å². The second-order valence-corrected chi connectivity index (χ2v) is 8.15. The Morgan fingerprint density at radius 2 is 1.39 bits per heavy atom. The SMILES string of the molecule is CCCCCCOC(=O)Oc1ccc(C(=O)Oc2ccc(OCCCC(C)CC)cc2)cc1. The molecule has 33 heavy (non-hydrogen) atoms. The second-order valence-electron chi connectivity index (χ2n) is 8.15. The van der Waals surface area contributed by atoms with E-state index in [1.54, 1.807) is 36.4 Å². The van der Waals surface area contributed by atoms with E-state index < -0.39 is 12.1 Å². The van der Waals surface area contributed by atoms with Crippen molar-refractivity contribution in [1.29, 1.82) is 0 Å². The highest BCUT2D eigenvalue weighted by molar-refractivity contribution is 5.91. The monoisotopic (exact) mass is 456 g/mol. The van der Waals surface area contributed by atoms with E-state index in [1.807, 2.05) is 0 Å². The van der Waals surface area contributed by atoms with Crippen LogP contribution >= 0.6 is 0 Å². The van der Waals surface area contributed by atoms with E-state index in [9.17, 15) is 9.59 Å². The molecule has 2 rings (SSSR count). The van der Waals surface area contributed by atoms with Crippen LogP contribution in [0.25, 0.3) is 0 Å². The van der Waals surface area contributed by atoms with Gasteiger partial charge in [0.2, 0.25) is 0 Å². The van der Waals surface area contributed by atoms with Crippen LogP contribution in [0.1, 0.15) is 76.1 Å². The van der Waals surface area contributed by atoms with Gasteiger partial charge in [0.15, 0.2) is 0 Å². The normalized spacial score (nSPS) is 11.5. The van der Waals surface area contributed by atoms with Crippen molar-refractivity contribution >= 4 is 12.1 Å². The zero-order valence-corrected chi connectivity index (χ0v) is 20.0. The standard InChI is InChI=1S/C27H36O6/c1-4-6-7-8-19-31-27(29)33-25-13-11-22(12-14-25)26(28)32-24-17-15-23(16-18-24)30-20-9-10-21(3)5-2/h11-18,21H,4-10,19-20H2,1-3H3. The number of unbranched alkanes of at least 4 members (excludes halogenated alkanes) is 3. The van der Waals surface area contributed by atoms with Gasteiger partial charge in [0, 0.05) is 0 Å². The van der Waals surface area contributed by atoms with Crippen molar-refractivity contribution in [2.75, 3.05) is 13.2 Å². The maximum Gasteiger partial charge on any atom is 0.513 e. The summed E-state index contributed by atoms with van der Waals surface area (Å²) in [5.41, 5.74) is 0.348. The molecule has 2 aromatic rings. The molecule has 1 unspecified atom stereocenters. The van der Waals surface area contributed by atoms with Crippen LogP contribution in [0.15, 0.2) is 48.5 Å². The molecular formula is C27H36O6. The first-order valence-electron chi connectivity index (χ1n) is 11.9. The summed E-state index contributed by atoms with van der Waals surface area (Å²) in [5, 5.41) is 0. The predicted octanol–water partition coefficient (Wildman–Crippen LogP) is 7.21. The highest BCUT2D eigenvalue weighted by Crippen LogP contribution is 2.20. The number of hydrogen-bond donors (Lipinski definition) is 0. The number of rotatable bonds is 14. The van der Waals surface area contributed by atoms with Crippen molar-refractivity contribution in [1.82, 2.24) is 0 Å². The van der Waals surface area contributed by atoms with E-state index in [-0.39, 0.29) is 0 Å². The van der Waals surface area contributed by atoms with Gasteiger partial charge in [-0.25, -0.2) is 9.59 Å². The van der Waals surface area contributed by atoms with E-state index in [2.05, 4.69) is 20.8 Å². The van der Waals surface area contributed by atoms with Gasteiger partial charge in [-0.3, -0.25) is 0 Å². The molecule has 0 spiro atoms. The Labute approximate surface area is 197 Å². The van der Waals surface area contributed by atoms with Gasteiger partial charge >= 0.3 is 12.1 Å². The fourth-order valence-corrected chi connectivity index (χ4v) is 3.06. The summed E-state index contributed by atoms with van der Waals surface area (Å²) in [7, 11) is 0. The van der Waals surface area contributed by atoms with E-state index in [4.69, 9.17) is 18.9 Å². The van der Waals surface area contributed by atoms with Crippen LogP contribution < -0.4 is 14.2 Å². The van der Waals surface area contributed by atoms with Crippen LogP contribution in [-0.2, 0) is 4.74 Å². The summed E-state index contributed by atoms with van der Waals surface area (Å²) in [6.45, 7) is 7.57. The molecule has 0 aromatic heterocycles. The number of benzene rings is 2. The maximum absolute atomic E-state index is 12.4. The summed E-state index contributed by atoms with van der Waals surface area (Å²) in [6, 6.07) is 13.1. The molecule has 0 fully saturated rings. The van der Waals surface area contributed by atoms with Crippen LogP contribution in [0.4, 0.5) is 4.79 Å². The zero-order valence-electron chi connectivity index (χ0n) is 20.0. The van der Waals surface area contributed by atoms with Crippen molar-refractivity contribution in [2.45, 2.75) is 65.7 Å². The molecule has 1 atom stereocenters. The van der Waals surface area contributed by atoms with Gasteiger partial charge in [-0.15, -0.1) is 0 Å². The van der Waals surface area contributed by atoms with E-state index in [1.165, 1.54) is 18.6 Å². The van der Waals surface area contributed by atoms with Crippen molar-refractivity contribution in [3.05, 3.63) is 54.1 Å². The van der Waals surface area contributed by atoms with Crippen molar-refractivity contribution in [2.24, 2.45) is 5.92 Å². The van der Waals surface area contributed by atoms with Crippen LogP contribution in [-0.4, -0.2) is 25.3 Å². The molecule has 0 saturated heterocycles. The van der Waals surface area contributed by atoms with Crippen LogP contribution in [0.3, 0.4) is 0 Å². The minimum Gasteiger partial charge on any atom is -0.494 e. The number of carbonyl (C=O) groups is 2. The lowest BCUT2D eigenvalue weighted by Crippen LogP contribution is -2.12. The average molecular weight is 457 g/mol. The number of carbonyl (C=O) groups excluding carboxylic acids is 2. The highest BCUT2D eigenvalue weighted by Gasteiger charge is 2.11. The highest BCUT2D eigenvalue weighted by atomic mass is 16.7. The summed E-state index contributed by atoms with van der Waals surface area (Å²) in [6.07, 6.45) is 6.68. The van der Waals surface area contributed by atoms with E-state index in [0.29, 0.717) is 36.2 Å². The molecule has 0 bridgehead atoms. The average Bonchev–Trinajstić information content (AvgIpc) is 2.83. The van der Waals surface area contributed by atoms with Crippen LogP contribution in [0.5, 0.6) is 17.2 Å². The Kier molecular flexibility index (Phi) is 11.9. The summed E-state index contributed by atoms with van der Waals surface area (Å²) < 4.78 is 21.3. The quantitative estimate of drug-likeness (QED) is 0.129. The van der Waals surface area contributed by atoms with Gasteiger partial charge < -0.3 is 18.9 Å². The first kappa shape index (κ1) is 26.2. The molecule has 2 aromatic carbocycles. The fraction of sp³-hybridized carbons (Fsp3) is 0.481. The van der Waals surface area contributed by atoms with Crippen LogP contribution in [0, 0.1) is 5.92 Å². The lowest BCUT2D eigenvalue weighted by molar-refractivity contribution is 0.0734. The third-order valence-electron chi connectivity index (χ3n) is 5.35. The summed E-state index contributed by atoms with van der Waals surface area (Å²) in [4.78, 5) is 24.1. The van der Waals surface area contributed by atoms with Crippen molar-refractivity contribution in [3.63, 3.8) is 0 Å². The number of esters is 1. The second kappa shape index (κ2) is 14.9. The first-order valence-corrected chi connectivity index (χ1v) is 11.9. The van der Waals surface area contributed by atoms with Gasteiger partial charge in [0.05, 0.1) is 18.8 Å². The van der Waals surface area contributed by atoms with E-state index >= 15 is 0 Å². The Morgan fingerprint density at radius 3 is 2.06 bits per heavy atom. The molecule has 180 valence electrons. The molecule has 0 aliphatic carbocycles. The minimum atomic E-state index is -0.746. The molecule has 0 aliphatic heterocycles. The Balaban J connectivity index is 1.74. The molecule has 0 amide bonds. The van der Waals surface area contributed by atoms with Gasteiger partial charge in [-0.1, -0.05) is 46.5 Å². The zero-order chi connectivity index (χ0) is 23.9. The topological polar surface area (TPSA) is 71.1 Å². The molecule has 6 heteroatoms. The fourth-order valence-electron chi connectivity index (χ4n) is 3.06. The molecular weight excluding hydrogens is 420 g/mol. The lowest BCUT2D eigenvalue weighted by Gasteiger charge is -2.10. The third kappa shape index (κ3) is 10.4. The van der Waals surface area contributed by atoms with E-state index in [0.717, 1.165) is 44.3 Å². The predicted molar refractivity (Wildman–Crippen MR) is 128 cm³/mol. The number of hydrogen-bond acceptors (Lipinski definition) is 6. The maximum atomic E-state index is 12.4. The van der Waals surface area contributed by atoms with Gasteiger partial charge in [-0.05, 0) is 73.7 Å². The third-order valence-corrected chi connectivity index (χ3v) is 5.35. The molecule has 0 N–H and O–H groups in total. The largest absolute Gasteiger partial charge is 0.513 e. The molecule has 0 saturated carbocycles. The summed E-state index contributed by atoms with van der Waals surface area (Å²) >= 11 is 0. The van der Waals surface area contributed by atoms with Crippen molar-refractivity contribution in [3.8, 4) is 17.2 Å². The Bertz CT molecular complexity index is 829. The molecule has 0 heterocycles.